The summed E-state index contributed by atoms with van der Waals surface area (Å²) in [4.78, 5) is 13.8. The normalized spacial score (nSPS) is 15.7. The van der Waals surface area contributed by atoms with E-state index in [9.17, 15) is 4.79 Å². The third-order valence-electron chi connectivity index (χ3n) is 4.14. The highest BCUT2D eigenvalue weighted by molar-refractivity contribution is 7.08. The first-order chi connectivity index (χ1) is 9.79. The standard InChI is InChI=1S/C17H19NOS/c1-13-14(10-18-7-2-3-8-18)4-5-15(11-19)17(13)16-6-9-20-12-16/h4-6,9,11-12H,2-3,7-8,10H2,1H3. The van der Waals surface area contributed by atoms with E-state index in [1.807, 2.05) is 6.07 Å². The summed E-state index contributed by atoms with van der Waals surface area (Å²) in [6.07, 6.45) is 3.59. The number of carbonyl (C=O) groups is 1. The van der Waals surface area contributed by atoms with E-state index < -0.39 is 0 Å². The van der Waals surface area contributed by atoms with Crippen molar-refractivity contribution in [2.45, 2.75) is 26.3 Å². The number of carbonyl (C=O) groups excluding carboxylic acids is 1. The second-order valence-electron chi connectivity index (χ2n) is 5.43. The molecule has 2 nitrogen and oxygen atoms in total. The second-order valence-corrected chi connectivity index (χ2v) is 6.21. The van der Waals surface area contributed by atoms with Crippen LogP contribution in [0, 0.1) is 6.92 Å². The fraction of sp³-hybridized carbons (Fsp3) is 0.353. The number of hydrogen-bond acceptors (Lipinski definition) is 3. The molecule has 1 fully saturated rings. The largest absolute Gasteiger partial charge is 0.299 e. The molecule has 0 atom stereocenters. The highest BCUT2D eigenvalue weighted by atomic mass is 32.1. The molecule has 0 aliphatic carbocycles. The molecule has 0 radical (unpaired) electrons. The van der Waals surface area contributed by atoms with Crippen molar-refractivity contribution in [2.75, 3.05) is 13.1 Å². The maximum atomic E-state index is 11.3. The van der Waals surface area contributed by atoms with Gasteiger partial charge in [0.05, 0.1) is 0 Å². The van der Waals surface area contributed by atoms with Gasteiger partial charge in [-0.2, -0.15) is 11.3 Å². The Kier molecular flexibility index (Phi) is 3.99. The van der Waals surface area contributed by atoms with Gasteiger partial charge >= 0.3 is 0 Å². The Bertz CT molecular complexity index is 598. The SMILES string of the molecule is Cc1c(CN2CCCC2)ccc(C=O)c1-c1ccsc1. The molecule has 0 N–H and O–H groups in total. The zero-order valence-corrected chi connectivity index (χ0v) is 12.6. The smallest absolute Gasteiger partial charge is 0.150 e. The van der Waals surface area contributed by atoms with Crippen molar-refractivity contribution in [3.05, 3.63) is 45.6 Å². The van der Waals surface area contributed by atoms with Crippen molar-refractivity contribution in [3.8, 4) is 11.1 Å². The first kappa shape index (κ1) is 13.5. The van der Waals surface area contributed by atoms with Crippen LogP contribution >= 0.6 is 11.3 Å². The van der Waals surface area contributed by atoms with E-state index >= 15 is 0 Å². The number of aldehydes is 1. The third-order valence-corrected chi connectivity index (χ3v) is 4.82. The summed E-state index contributed by atoms with van der Waals surface area (Å²) < 4.78 is 0. The van der Waals surface area contributed by atoms with E-state index in [1.54, 1.807) is 11.3 Å². The summed E-state index contributed by atoms with van der Waals surface area (Å²) in [6, 6.07) is 6.19. The van der Waals surface area contributed by atoms with Crippen molar-refractivity contribution < 1.29 is 4.79 Å². The molecule has 1 aromatic heterocycles. The minimum Gasteiger partial charge on any atom is -0.299 e. The first-order valence-electron chi connectivity index (χ1n) is 7.12. The van der Waals surface area contributed by atoms with Crippen molar-refractivity contribution in [1.82, 2.24) is 4.90 Å². The highest BCUT2D eigenvalue weighted by Crippen LogP contribution is 2.31. The van der Waals surface area contributed by atoms with Gasteiger partial charge in [-0.3, -0.25) is 9.69 Å². The number of nitrogens with zero attached hydrogens (tertiary/aromatic N) is 1. The lowest BCUT2D eigenvalue weighted by Crippen LogP contribution is -2.19. The van der Waals surface area contributed by atoms with Gasteiger partial charge in [0.1, 0.15) is 0 Å². The van der Waals surface area contributed by atoms with Gasteiger partial charge in [0.2, 0.25) is 0 Å². The van der Waals surface area contributed by atoms with Crippen molar-refractivity contribution in [2.24, 2.45) is 0 Å². The van der Waals surface area contributed by atoms with Gasteiger partial charge in [-0.15, -0.1) is 0 Å². The highest BCUT2D eigenvalue weighted by Gasteiger charge is 2.16. The Labute approximate surface area is 124 Å². The van der Waals surface area contributed by atoms with Crippen LogP contribution in [0.2, 0.25) is 0 Å². The lowest BCUT2D eigenvalue weighted by molar-refractivity contribution is 0.112. The fourth-order valence-electron chi connectivity index (χ4n) is 3.02. The molecule has 3 rings (SSSR count). The molecule has 0 spiro atoms. The monoisotopic (exact) mass is 285 g/mol. The molecule has 1 aliphatic heterocycles. The first-order valence-corrected chi connectivity index (χ1v) is 8.06. The van der Waals surface area contributed by atoms with Crippen LogP contribution in [0.5, 0.6) is 0 Å². The molecule has 20 heavy (non-hydrogen) atoms. The van der Waals surface area contributed by atoms with Gasteiger partial charge in [0.25, 0.3) is 0 Å². The Balaban J connectivity index is 2.00. The number of hydrogen-bond donors (Lipinski definition) is 0. The molecular weight excluding hydrogens is 266 g/mol. The Hall–Kier alpha value is -1.45. The molecule has 0 amide bonds. The van der Waals surface area contributed by atoms with E-state index in [4.69, 9.17) is 0 Å². The van der Waals surface area contributed by atoms with E-state index in [1.165, 1.54) is 37.1 Å². The topological polar surface area (TPSA) is 20.3 Å². The molecule has 2 heterocycles. The van der Waals surface area contributed by atoms with E-state index in [2.05, 4.69) is 34.7 Å². The van der Waals surface area contributed by atoms with Gasteiger partial charge in [-0.05, 0) is 71.9 Å². The Morgan fingerprint density at radius 3 is 2.70 bits per heavy atom. The van der Waals surface area contributed by atoms with Crippen LogP contribution in [0.25, 0.3) is 11.1 Å². The maximum absolute atomic E-state index is 11.3. The minimum absolute atomic E-state index is 0.797. The van der Waals surface area contributed by atoms with Gasteiger partial charge in [0, 0.05) is 12.1 Å². The maximum Gasteiger partial charge on any atom is 0.150 e. The second kappa shape index (κ2) is 5.90. The summed E-state index contributed by atoms with van der Waals surface area (Å²) in [6.45, 7) is 5.54. The van der Waals surface area contributed by atoms with Crippen LogP contribution in [0.15, 0.2) is 29.0 Å². The van der Waals surface area contributed by atoms with Crippen molar-refractivity contribution in [3.63, 3.8) is 0 Å². The van der Waals surface area contributed by atoms with Crippen LogP contribution in [0.4, 0.5) is 0 Å². The van der Waals surface area contributed by atoms with E-state index in [0.717, 1.165) is 29.5 Å². The molecule has 0 unspecified atom stereocenters. The fourth-order valence-corrected chi connectivity index (χ4v) is 3.66. The molecule has 1 saturated heterocycles. The Morgan fingerprint density at radius 2 is 2.05 bits per heavy atom. The summed E-state index contributed by atoms with van der Waals surface area (Å²) in [5, 5.41) is 4.19. The predicted molar refractivity (Wildman–Crippen MR) is 84.4 cm³/mol. The molecule has 1 aromatic carbocycles. The van der Waals surface area contributed by atoms with E-state index in [-0.39, 0.29) is 0 Å². The predicted octanol–water partition coefficient (Wildman–Crippen LogP) is 4.13. The average Bonchev–Trinajstić information content (AvgIpc) is 3.13. The lowest BCUT2D eigenvalue weighted by atomic mass is 9.93. The minimum atomic E-state index is 0.797. The third kappa shape index (κ3) is 2.56. The molecule has 104 valence electrons. The van der Waals surface area contributed by atoms with Crippen LogP contribution in [-0.4, -0.2) is 24.3 Å². The number of thiophene rings is 1. The lowest BCUT2D eigenvalue weighted by Gasteiger charge is -2.19. The molecule has 3 heteroatoms. The molecule has 2 aromatic rings. The molecule has 0 saturated carbocycles. The van der Waals surface area contributed by atoms with Crippen molar-refractivity contribution >= 4 is 17.6 Å². The van der Waals surface area contributed by atoms with Gasteiger partial charge in [-0.25, -0.2) is 0 Å². The summed E-state index contributed by atoms with van der Waals surface area (Å²) >= 11 is 1.67. The zero-order chi connectivity index (χ0) is 13.9. The zero-order valence-electron chi connectivity index (χ0n) is 11.8. The number of rotatable bonds is 4. The van der Waals surface area contributed by atoms with E-state index in [0.29, 0.717) is 0 Å². The molecule has 1 aliphatic rings. The van der Waals surface area contributed by atoms with Crippen LogP contribution in [-0.2, 0) is 6.54 Å². The van der Waals surface area contributed by atoms with Gasteiger partial charge in [0.15, 0.2) is 6.29 Å². The molecular formula is C17H19NOS. The number of likely N-dealkylation sites (tertiary alicyclic amines) is 1. The van der Waals surface area contributed by atoms with Crippen LogP contribution in [0.3, 0.4) is 0 Å². The summed E-state index contributed by atoms with van der Waals surface area (Å²) in [5.41, 5.74) is 5.67. The Morgan fingerprint density at radius 1 is 1.25 bits per heavy atom. The molecule has 0 bridgehead atoms. The van der Waals surface area contributed by atoms with Crippen LogP contribution < -0.4 is 0 Å². The summed E-state index contributed by atoms with van der Waals surface area (Å²) in [7, 11) is 0. The average molecular weight is 285 g/mol. The summed E-state index contributed by atoms with van der Waals surface area (Å²) in [5.74, 6) is 0. The van der Waals surface area contributed by atoms with Gasteiger partial charge < -0.3 is 0 Å². The van der Waals surface area contributed by atoms with Crippen molar-refractivity contribution in [1.29, 1.82) is 0 Å². The van der Waals surface area contributed by atoms with Gasteiger partial charge in [-0.1, -0.05) is 12.1 Å². The quantitative estimate of drug-likeness (QED) is 0.787. The van der Waals surface area contributed by atoms with Crippen LogP contribution in [0.1, 0.15) is 34.3 Å². The number of benzene rings is 1.